The summed E-state index contributed by atoms with van der Waals surface area (Å²) in [5.41, 5.74) is -1.32. The Bertz CT molecular complexity index is 1180. The zero-order chi connectivity index (χ0) is 27.7. The summed E-state index contributed by atoms with van der Waals surface area (Å²) in [6.07, 6.45) is -1.94. The van der Waals surface area contributed by atoms with E-state index in [1.165, 1.54) is 4.90 Å². The first-order valence-electron chi connectivity index (χ1n) is 12.5. The van der Waals surface area contributed by atoms with Gasteiger partial charge in [0.1, 0.15) is 11.4 Å². The third-order valence-corrected chi connectivity index (χ3v) is 7.44. The van der Waals surface area contributed by atoms with E-state index in [1.807, 2.05) is 6.07 Å². The highest BCUT2D eigenvalue weighted by molar-refractivity contribution is 7.80. The van der Waals surface area contributed by atoms with Gasteiger partial charge in [-0.15, -0.1) is 12.6 Å². The molecule has 206 valence electrons. The standard InChI is InChI=1S/C26H33F3N6O2S/c1-25(2)23(36)35(20-6-5-19(16-21(20)38)26(27,28)29)24(37)34(25)17-18-7-9-31-22(15-18)30-8-4-10-33-13-11-32(3)12-14-33/h5-7,9,15-16,38H,4,8,10-14,17H2,1-3H3,(H,30,31). The van der Waals surface area contributed by atoms with E-state index in [9.17, 15) is 22.8 Å². The Morgan fingerprint density at radius 2 is 1.79 bits per heavy atom. The third kappa shape index (κ3) is 6.08. The summed E-state index contributed by atoms with van der Waals surface area (Å²) in [4.78, 5) is 38.0. The van der Waals surface area contributed by atoms with E-state index in [0.29, 0.717) is 5.82 Å². The maximum atomic E-state index is 13.4. The van der Waals surface area contributed by atoms with Crippen LogP contribution < -0.4 is 10.2 Å². The molecule has 2 aliphatic rings. The van der Waals surface area contributed by atoms with Gasteiger partial charge in [0.15, 0.2) is 0 Å². The topological polar surface area (TPSA) is 72.0 Å². The van der Waals surface area contributed by atoms with Crippen molar-refractivity contribution in [2.24, 2.45) is 0 Å². The van der Waals surface area contributed by atoms with Crippen LogP contribution in [0, 0.1) is 0 Å². The second-order valence-corrected chi connectivity index (χ2v) is 10.7. The minimum absolute atomic E-state index is 0.0179. The number of halogens is 3. The van der Waals surface area contributed by atoms with Crippen molar-refractivity contribution in [1.29, 1.82) is 0 Å². The molecule has 0 atom stereocenters. The number of carbonyl (C=O) groups excluding carboxylic acids is 2. The number of thiol groups is 1. The number of imide groups is 1. The molecule has 0 radical (unpaired) electrons. The average Bonchev–Trinajstić information content (AvgIpc) is 3.02. The molecular formula is C26H33F3N6O2S. The lowest BCUT2D eigenvalue weighted by Gasteiger charge is -2.32. The van der Waals surface area contributed by atoms with Crippen molar-refractivity contribution in [1.82, 2.24) is 19.7 Å². The van der Waals surface area contributed by atoms with Crippen LogP contribution >= 0.6 is 12.6 Å². The number of anilines is 2. The Morgan fingerprint density at radius 1 is 1.08 bits per heavy atom. The third-order valence-electron chi connectivity index (χ3n) is 7.09. The summed E-state index contributed by atoms with van der Waals surface area (Å²) < 4.78 is 39.2. The van der Waals surface area contributed by atoms with Crippen LogP contribution in [0.5, 0.6) is 0 Å². The summed E-state index contributed by atoms with van der Waals surface area (Å²) in [5.74, 6) is 0.141. The number of aromatic nitrogens is 1. The first-order valence-corrected chi connectivity index (χ1v) is 13.0. The Kier molecular flexibility index (Phi) is 8.24. The van der Waals surface area contributed by atoms with Gasteiger partial charge in [-0.1, -0.05) is 0 Å². The van der Waals surface area contributed by atoms with Gasteiger partial charge in [0, 0.05) is 50.4 Å². The molecule has 1 aromatic carbocycles. The van der Waals surface area contributed by atoms with Gasteiger partial charge in [0.2, 0.25) is 0 Å². The van der Waals surface area contributed by atoms with E-state index >= 15 is 0 Å². The van der Waals surface area contributed by atoms with Crippen LogP contribution in [-0.4, -0.2) is 83.5 Å². The smallest absolute Gasteiger partial charge is 0.370 e. The number of piperazine rings is 1. The van der Waals surface area contributed by atoms with Crippen LogP contribution in [-0.2, 0) is 17.5 Å². The van der Waals surface area contributed by atoms with E-state index < -0.39 is 29.2 Å². The lowest BCUT2D eigenvalue weighted by molar-refractivity contribution is -0.137. The van der Waals surface area contributed by atoms with Crippen LogP contribution in [0.25, 0.3) is 0 Å². The number of hydrogen-bond acceptors (Lipinski definition) is 7. The molecule has 2 fully saturated rings. The van der Waals surface area contributed by atoms with Crippen LogP contribution in [0.4, 0.5) is 29.5 Å². The van der Waals surface area contributed by atoms with Crippen molar-refractivity contribution in [3.63, 3.8) is 0 Å². The summed E-state index contributed by atoms with van der Waals surface area (Å²) in [6, 6.07) is 5.77. The van der Waals surface area contributed by atoms with Crippen molar-refractivity contribution in [3.05, 3.63) is 47.7 Å². The van der Waals surface area contributed by atoms with Crippen molar-refractivity contribution in [2.45, 2.75) is 43.4 Å². The minimum atomic E-state index is -4.56. The van der Waals surface area contributed by atoms with Gasteiger partial charge in [-0.25, -0.2) is 14.7 Å². The molecule has 8 nitrogen and oxygen atoms in total. The second kappa shape index (κ2) is 11.1. The monoisotopic (exact) mass is 550 g/mol. The molecule has 2 saturated heterocycles. The molecule has 4 rings (SSSR count). The summed E-state index contributed by atoms with van der Waals surface area (Å²) >= 11 is 4.15. The number of nitrogens with zero attached hydrogens (tertiary/aromatic N) is 5. The molecule has 0 bridgehead atoms. The SMILES string of the molecule is CN1CCN(CCCNc2cc(CN3C(=O)N(c4ccc(C(F)(F)F)cc4S)C(=O)C3(C)C)ccn2)CC1. The number of benzene rings is 1. The van der Waals surface area contributed by atoms with E-state index in [1.54, 1.807) is 26.1 Å². The number of likely N-dealkylation sites (N-methyl/N-ethyl adjacent to an activating group) is 1. The molecule has 0 saturated carbocycles. The number of pyridine rings is 1. The Hall–Kier alpha value is -2.83. The van der Waals surface area contributed by atoms with Crippen molar-refractivity contribution >= 4 is 36.1 Å². The molecule has 2 aliphatic heterocycles. The molecule has 1 N–H and O–H groups in total. The molecule has 2 aromatic rings. The maximum Gasteiger partial charge on any atom is 0.416 e. The molecule has 3 amide bonds. The molecule has 1 aromatic heterocycles. The fourth-order valence-corrected chi connectivity index (χ4v) is 4.96. The zero-order valence-electron chi connectivity index (χ0n) is 21.8. The first kappa shape index (κ1) is 28.2. The average molecular weight is 551 g/mol. The molecule has 12 heteroatoms. The van der Waals surface area contributed by atoms with E-state index in [2.05, 4.69) is 39.8 Å². The molecule has 0 unspecified atom stereocenters. The number of amides is 3. The summed E-state index contributed by atoms with van der Waals surface area (Å²) in [5, 5.41) is 3.33. The highest BCUT2D eigenvalue weighted by Crippen LogP contribution is 2.39. The predicted molar refractivity (Wildman–Crippen MR) is 142 cm³/mol. The maximum absolute atomic E-state index is 13.4. The molecule has 0 aliphatic carbocycles. The quantitative estimate of drug-likeness (QED) is 0.292. The van der Waals surface area contributed by atoms with E-state index in [-0.39, 0.29) is 17.1 Å². The number of hydrogen-bond donors (Lipinski definition) is 2. The van der Waals surface area contributed by atoms with Gasteiger partial charge in [-0.05, 0) is 69.8 Å². The largest absolute Gasteiger partial charge is 0.416 e. The highest BCUT2D eigenvalue weighted by Gasteiger charge is 2.52. The number of alkyl halides is 3. The van der Waals surface area contributed by atoms with Gasteiger partial charge >= 0.3 is 12.2 Å². The van der Waals surface area contributed by atoms with Crippen LogP contribution in [0.15, 0.2) is 41.4 Å². The van der Waals surface area contributed by atoms with E-state index in [0.717, 1.165) is 74.4 Å². The lowest BCUT2D eigenvalue weighted by atomic mass is 10.0. The molecule has 38 heavy (non-hydrogen) atoms. The van der Waals surface area contributed by atoms with Crippen LogP contribution in [0.3, 0.4) is 0 Å². The van der Waals surface area contributed by atoms with Gasteiger partial charge in [-0.2, -0.15) is 13.2 Å². The lowest BCUT2D eigenvalue weighted by Crippen LogP contribution is -2.44. The first-order chi connectivity index (χ1) is 17.9. The predicted octanol–water partition coefficient (Wildman–Crippen LogP) is 4.19. The van der Waals surface area contributed by atoms with Crippen molar-refractivity contribution in [2.75, 3.05) is 56.5 Å². The second-order valence-electron chi connectivity index (χ2n) is 10.2. The number of nitrogens with one attached hydrogen (secondary N) is 1. The number of rotatable bonds is 8. The Morgan fingerprint density at radius 3 is 2.45 bits per heavy atom. The fraction of sp³-hybridized carbons (Fsp3) is 0.500. The van der Waals surface area contributed by atoms with Crippen molar-refractivity contribution in [3.8, 4) is 0 Å². The molecular weight excluding hydrogens is 517 g/mol. The van der Waals surface area contributed by atoms with Gasteiger partial charge in [0.05, 0.1) is 11.3 Å². The Labute approximate surface area is 226 Å². The van der Waals surface area contributed by atoms with E-state index in [4.69, 9.17) is 0 Å². The molecule has 3 heterocycles. The Balaban J connectivity index is 1.41. The number of urea groups is 1. The van der Waals surface area contributed by atoms with Gasteiger partial charge in [0.25, 0.3) is 5.91 Å². The van der Waals surface area contributed by atoms with Crippen molar-refractivity contribution < 1.29 is 22.8 Å². The zero-order valence-corrected chi connectivity index (χ0v) is 22.6. The van der Waals surface area contributed by atoms with Crippen LogP contribution in [0.2, 0.25) is 0 Å². The normalized spacial score (nSPS) is 18.9. The highest BCUT2D eigenvalue weighted by atomic mass is 32.1. The minimum Gasteiger partial charge on any atom is -0.370 e. The van der Waals surface area contributed by atoms with Gasteiger partial charge in [-0.3, -0.25) is 4.79 Å². The van der Waals surface area contributed by atoms with Gasteiger partial charge < -0.3 is 20.0 Å². The fourth-order valence-electron chi connectivity index (χ4n) is 4.64. The molecule has 0 spiro atoms. The summed E-state index contributed by atoms with van der Waals surface area (Å²) in [6.45, 7) is 9.43. The number of carbonyl (C=O) groups is 2. The van der Waals surface area contributed by atoms with Crippen LogP contribution in [0.1, 0.15) is 31.4 Å². The summed E-state index contributed by atoms with van der Waals surface area (Å²) in [7, 11) is 2.13.